The van der Waals surface area contributed by atoms with E-state index in [1.807, 2.05) is 18.2 Å². The second kappa shape index (κ2) is 9.60. The van der Waals surface area contributed by atoms with Crippen molar-refractivity contribution >= 4 is 13.8 Å². The van der Waals surface area contributed by atoms with Crippen molar-refractivity contribution in [3.63, 3.8) is 0 Å². The SMILES string of the molecule is COc1ccc(C[C@H]2COC(=O)[C@@H]2Cc2ccc(OP(=O)(O)O)c(OC)c2)cc1OC. The number of methoxy groups -OCH3 is 3. The van der Waals surface area contributed by atoms with Gasteiger partial charge in [0.1, 0.15) is 0 Å². The van der Waals surface area contributed by atoms with E-state index in [9.17, 15) is 9.36 Å². The molecule has 9 nitrogen and oxygen atoms in total. The van der Waals surface area contributed by atoms with Crippen molar-refractivity contribution in [2.24, 2.45) is 11.8 Å². The second-order valence-electron chi connectivity index (χ2n) is 7.16. The monoisotopic (exact) mass is 452 g/mol. The average Bonchev–Trinajstić information content (AvgIpc) is 3.07. The minimum absolute atomic E-state index is 0.0392. The molecule has 2 atom stereocenters. The maximum absolute atomic E-state index is 12.4. The van der Waals surface area contributed by atoms with Crippen molar-refractivity contribution in [3.05, 3.63) is 47.5 Å². The van der Waals surface area contributed by atoms with E-state index in [0.717, 1.165) is 11.1 Å². The Labute approximate surface area is 180 Å². The molecule has 1 aliphatic heterocycles. The number of carbonyl (C=O) groups excluding carboxylic acids is 1. The molecule has 1 saturated heterocycles. The van der Waals surface area contributed by atoms with Crippen molar-refractivity contribution in [1.29, 1.82) is 0 Å². The molecule has 1 heterocycles. The highest BCUT2D eigenvalue weighted by Crippen LogP contribution is 2.42. The summed E-state index contributed by atoms with van der Waals surface area (Å²) >= 11 is 0. The first-order valence-corrected chi connectivity index (χ1v) is 11.1. The van der Waals surface area contributed by atoms with Crippen LogP contribution in [0.4, 0.5) is 0 Å². The van der Waals surface area contributed by atoms with Gasteiger partial charge in [-0.3, -0.25) is 14.6 Å². The van der Waals surface area contributed by atoms with Crippen molar-refractivity contribution < 1.29 is 42.6 Å². The van der Waals surface area contributed by atoms with Gasteiger partial charge < -0.3 is 23.5 Å². The number of phosphoric ester groups is 1. The van der Waals surface area contributed by atoms with Crippen LogP contribution in [0.5, 0.6) is 23.0 Å². The number of hydrogen-bond donors (Lipinski definition) is 2. The van der Waals surface area contributed by atoms with Crippen LogP contribution in [0.3, 0.4) is 0 Å². The van der Waals surface area contributed by atoms with Gasteiger partial charge in [-0.25, -0.2) is 4.57 Å². The highest BCUT2D eigenvalue weighted by molar-refractivity contribution is 7.46. The molecular weight excluding hydrogens is 427 g/mol. The molecule has 0 radical (unpaired) electrons. The van der Waals surface area contributed by atoms with Crippen LogP contribution >= 0.6 is 7.82 Å². The van der Waals surface area contributed by atoms with Gasteiger partial charge in [0.2, 0.25) is 0 Å². The summed E-state index contributed by atoms with van der Waals surface area (Å²) in [5, 5.41) is 0. The van der Waals surface area contributed by atoms with E-state index in [1.54, 1.807) is 26.4 Å². The Morgan fingerprint density at radius 2 is 1.45 bits per heavy atom. The van der Waals surface area contributed by atoms with Crippen molar-refractivity contribution in [3.8, 4) is 23.0 Å². The van der Waals surface area contributed by atoms with Gasteiger partial charge in [0.25, 0.3) is 0 Å². The summed E-state index contributed by atoms with van der Waals surface area (Å²) < 4.78 is 36.9. The van der Waals surface area contributed by atoms with Gasteiger partial charge in [-0.1, -0.05) is 12.1 Å². The zero-order valence-corrected chi connectivity index (χ0v) is 18.3. The third kappa shape index (κ3) is 5.70. The molecular formula is C21H25O9P. The summed E-state index contributed by atoms with van der Waals surface area (Å²) in [5.74, 6) is 0.659. The van der Waals surface area contributed by atoms with E-state index in [-0.39, 0.29) is 29.3 Å². The molecule has 0 aliphatic carbocycles. The molecule has 2 aromatic carbocycles. The fraction of sp³-hybridized carbons (Fsp3) is 0.381. The third-order valence-corrected chi connectivity index (χ3v) is 5.59. The largest absolute Gasteiger partial charge is 0.524 e. The summed E-state index contributed by atoms with van der Waals surface area (Å²) in [7, 11) is -0.206. The first kappa shape index (κ1) is 22.9. The van der Waals surface area contributed by atoms with Crippen LogP contribution in [0, 0.1) is 11.8 Å². The molecule has 2 aromatic rings. The van der Waals surface area contributed by atoms with Crippen molar-refractivity contribution in [1.82, 2.24) is 0 Å². The fourth-order valence-electron chi connectivity index (χ4n) is 3.66. The van der Waals surface area contributed by atoms with E-state index in [0.29, 0.717) is 30.9 Å². The number of rotatable bonds is 9. The molecule has 0 saturated carbocycles. The number of benzene rings is 2. The molecule has 168 valence electrons. The summed E-state index contributed by atoms with van der Waals surface area (Å²) in [4.78, 5) is 30.4. The van der Waals surface area contributed by atoms with Crippen LogP contribution in [0.2, 0.25) is 0 Å². The lowest BCUT2D eigenvalue weighted by atomic mass is 9.85. The van der Waals surface area contributed by atoms with Gasteiger partial charge in [0.05, 0.1) is 33.9 Å². The summed E-state index contributed by atoms with van der Waals surface area (Å²) in [6, 6.07) is 10.3. The molecule has 0 aromatic heterocycles. The van der Waals surface area contributed by atoms with Gasteiger partial charge in [-0.2, -0.15) is 0 Å². The number of esters is 1. The van der Waals surface area contributed by atoms with Crippen LogP contribution in [0.25, 0.3) is 0 Å². The van der Waals surface area contributed by atoms with Gasteiger partial charge >= 0.3 is 13.8 Å². The van der Waals surface area contributed by atoms with Gasteiger partial charge in [0, 0.05) is 5.92 Å². The number of ether oxygens (including phenoxy) is 4. The van der Waals surface area contributed by atoms with E-state index >= 15 is 0 Å². The lowest BCUT2D eigenvalue weighted by Gasteiger charge is -2.17. The summed E-state index contributed by atoms with van der Waals surface area (Å²) in [6.45, 7) is 0.314. The maximum Gasteiger partial charge on any atom is 0.524 e. The minimum Gasteiger partial charge on any atom is -0.493 e. The molecule has 1 aliphatic rings. The topological polar surface area (TPSA) is 121 Å². The zero-order chi connectivity index (χ0) is 22.6. The molecule has 0 amide bonds. The van der Waals surface area contributed by atoms with Crippen LogP contribution in [-0.2, 0) is 26.9 Å². The second-order valence-corrected chi connectivity index (χ2v) is 8.33. The first-order chi connectivity index (χ1) is 14.7. The molecule has 0 bridgehead atoms. The standard InChI is InChI=1S/C21H25O9P/c1-26-17-6-4-13(10-19(17)27-2)8-15-12-29-21(22)16(15)9-14-5-7-18(20(11-14)28-3)30-31(23,24)25/h4-7,10-11,15-16H,8-9,12H2,1-3H3,(H2,23,24,25)/t15-,16+/m0/s1. The first-order valence-electron chi connectivity index (χ1n) is 9.53. The fourth-order valence-corrected chi connectivity index (χ4v) is 4.07. The molecule has 0 spiro atoms. The maximum atomic E-state index is 12.4. The van der Waals surface area contributed by atoms with Gasteiger partial charge in [-0.15, -0.1) is 0 Å². The normalized spacial score (nSPS) is 18.4. The molecule has 0 unspecified atom stereocenters. The van der Waals surface area contributed by atoms with Crippen LogP contribution < -0.4 is 18.7 Å². The zero-order valence-electron chi connectivity index (χ0n) is 17.4. The smallest absolute Gasteiger partial charge is 0.493 e. The Kier molecular flexibility index (Phi) is 7.10. The highest BCUT2D eigenvalue weighted by Gasteiger charge is 2.37. The lowest BCUT2D eigenvalue weighted by Crippen LogP contribution is -2.20. The molecule has 3 rings (SSSR count). The Bertz CT molecular complexity index is 985. The number of cyclic esters (lactones) is 1. The average molecular weight is 452 g/mol. The quantitative estimate of drug-likeness (QED) is 0.437. The van der Waals surface area contributed by atoms with Crippen molar-refractivity contribution in [2.75, 3.05) is 27.9 Å². The van der Waals surface area contributed by atoms with E-state index in [1.165, 1.54) is 13.2 Å². The van der Waals surface area contributed by atoms with Gasteiger partial charge in [-0.05, 0) is 48.2 Å². The van der Waals surface area contributed by atoms with E-state index in [4.69, 9.17) is 28.7 Å². The Morgan fingerprint density at radius 3 is 2.03 bits per heavy atom. The van der Waals surface area contributed by atoms with E-state index < -0.39 is 7.82 Å². The van der Waals surface area contributed by atoms with Gasteiger partial charge in [0.15, 0.2) is 23.0 Å². The number of carbonyl (C=O) groups is 1. The van der Waals surface area contributed by atoms with Crippen LogP contribution in [0.15, 0.2) is 36.4 Å². The van der Waals surface area contributed by atoms with Crippen LogP contribution in [0.1, 0.15) is 11.1 Å². The Morgan fingerprint density at radius 1 is 0.903 bits per heavy atom. The van der Waals surface area contributed by atoms with Crippen molar-refractivity contribution in [2.45, 2.75) is 12.8 Å². The summed E-state index contributed by atoms with van der Waals surface area (Å²) in [6.07, 6.45) is 1.01. The minimum atomic E-state index is -4.72. The molecule has 1 fully saturated rings. The highest BCUT2D eigenvalue weighted by atomic mass is 31.2. The summed E-state index contributed by atoms with van der Waals surface area (Å²) in [5.41, 5.74) is 1.75. The number of phosphoric acid groups is 1. The Balaban J connectivity index is 1.77. The Hall–Kier alpha value is -2.74. The lowest BCUT2D eigenvalue weighted by molar-refractivity contribution is -0.141. The number of hydrogen-bond acceptors (Lipinski definition) is 7. The third-order valence-electron chi connectivity index (χ3n) is 5.16. The predicted octanol–water partition coefficient (Wildman–Crippen LogP) is 2.76. The van der Waals surface area contributed by atoms with E-state index in [2.05, 4.69) is 4.52 Å². The molecule has 2 N–H and O–H groups in total. The van der Waals surface area contributed by atoms with Crippen LogP contribution in [-0.4, -0.2) is 43.7 Å². The molecule has 10 heteroatoms. The molecule has 31 heavy (non-hydrogen) atoms. The predicted molar refractivity (Wildman–Crippen MR) is 111 cm³/mol.